The minimum atomic E-state index is -0.802. The Bertz CT molecular complexity index is 513. The number of carbonyl (C=O) groups excluding carboxylic acids is 3. The molecule has 1 aromatic rings. The predicted molar refractivity (Wildman–Crippen MR) is 80.5 cm³/mol. The molecule has 0 aliphatic heterocycles. The van der Waals surface area contributed by atoms with E-state index in [1.54, 1.807) is 11.4 Å². The lowest BCUT2D eigenvalue weighted by Crippen LogP contribution is -2.36. The molecule has 0 atom stereocenters. The van der Waals surface area contributed by atoms with E-state index in [1.807, 2.05) is 19.0 Å². The van der Waals surface area contributed by atoms with Crippen LogP contribution in [0.1, 0.15) is 16.1 Å². The van der Waals surface area contributed by atoms with Gasteiger partial charge in [-0.1, -0.05) is 0 Å². The molecule has 1 heterocycles. The molecule has 1 aromatic heterocycles. The second-order valence-electron chi connectivity index (χ2n) is 4.52. The molecule has 2 amide bonds. The van der Waals surface area contributed by atoms with Gasteiger partial charge in [0.2, 0.25) is 0 Å². The molecule has 0 saturated carbocycles. The van der Waals surface area contributed by atoms with Crippen LogP contribution in [0.25, 0.3) is 0 Å². The van der Waals surface area contributed by atoms with Gasteiger partial charge in [0.15, 0.2) is 0 Å². The fourth-order valence-corrected chi connectivity index (χ4v) is 2.28. The van der Waals surface area contributed by atoms with Crippen molar-refractivity contribution in [3.05, 3.63) is 16.3 Å². The SMILES string of the molecule is COC(=O)c1sccc1NC(=O)C(=O)NCCCN(C)C. The molecule has 0 aliphatic carbocycles. The summed E-state index contributed by atoms with van der Waals surface area (Å²) in [6.45, 7) is 1.23. The van der Waals surface area contributed by atoms with Crippen LogP contribution < -0.4 is 10.6 Å². The molecule has 0 aromatic carbocycles. The van der Waals surface area contributed by atoms with Gasteiger partial charge in [-0.2, -0.15) is 0 Å². The minimum absolute atomic E-state index is 0.256. The average molecular weight is 313 g/mol. The number of nitrogens with one attached hydrogen (secondary N) is 2. The number of nitrogens with zero attached hydrogens (tertiary/aromatic N) is 1. The number of methoxy groups -OCH3 is 1. The van der Waals surface area contributed by atoms with E-state index in [0.717, 1.165) is 24.3 Å². The van der Waals surface area contributed by atoms with Crippen LogP contribution in [-0.2, 0) is 14.3 Å². The second kappa shape index (κ2) is 8.38. The zero-order chi connectivity index (χ0) is 15.8. The highest BCUT2D eigenvalue weighted by Gasteiger charge is 2.19. The molecule has 0 radical (unpaired) electrons. The Morgan fingerprint density at radius 1 is 1.29 bits per heavy atom. The van der Waals surface area contributed by atoms with Gasteiger partial charge in [-0.3, -0.25) is 9.59 Å². The summed E-state index contributed by atoms with van der Waals surface area (Å²) in [7, 11) is 5.12. The Hall–Kier alpha value is -1.93. The number of hydrogen-bond donors (Lipinski definition) is 2. The molecule has 0 unspecified atom stereocenters. The zero-order valence-corrected chi connectivity index (χ0v) is 13.1. The molecule has 0 bridgehead atoms. The lowest BCUT2D eigenvalue weighted by molar-refractivity contribution is -0.136. The van der Waals surface area contributed by atoms with Crippen molar-refractivity contribution < 1.29 is 19.1 Å². The minimum Gasteiger partial charge on any atom is -0.465 e. The van der Waals surface area contributed by atoms with E-state index in [-0.39, 0.29) is 10.6 Å². The quantitative estimate of drug-likeness (QED) is 0.455. The summed E-state index contributed by atoms with van der Waals surface area (Å²) in [5, 5.41) is 6.56. The number of amides is 2. The maximum atomic E-state index is 11.7. The van der Waals surface area contributed by atoms with Crippen LogP contribution in [0.2, 0.25) is 0 Å². The van der Waals surface area contributed by atoms with E-state index in [4.69, 9.17) is 0 Å². The van der Waals surface area contributed by atoms with E-state index in [1.165, 1.54) is 7.11 Å². The fraction of sp³-hybridized carbons (Fsp3) is 0.462. The van der Waals surface area contributed by atoms with Gasteiger partial charge in [-0.05, 0) is 38.5 Å². The normalized spacial score (nSPS) is 10.3. The van der Waals surface area contributed by atoms with Crippen molar-refractivity contribution in [1.29, 1.82) is 0 Å². The van der Waals surface area contributed by atoms with Gasteiger partial charge >= 0.3 is 17.8 Å². The molecule has 2 N–H and O–H groups in total. The standard InChI is InChI=1S/C13H19N3O4S/c1-16(2)7-4-6-14-11(17)12(18)15-9-5-8-21-10(9)13(19)20-3/h5,8H,4,6-7H2,1-3H3,(H,14,17)(H,15,18). The molecule has 1 rings (SSSR count). The van der Waals surface area contributed by atoms with Gasteiger partial charge in [0, 0.05) is 6.54 Å². The molecular weight excluding hydrogens is 294 g/mol. The van der Waals surface area contributed by atoms with Gasteiger partial charge < -0.3 is 20.3 Å². The Labute approximate surface area is 127 Å². The highest BCUT2D eigenvalue weighted by Crippen LogP contribution is 2.22. The summed E-state index contributed by atoms with van der Waals surface area (Å²) < 4.78 is 4.59. The third kappa shape index (κ3) is 5.52. The van der Waals surface area contributed by atoms with Gasteiger partial charge in [0.25, 0.3) is 0 Å². The Balaban J connectivity index is 2.48. The van der Waals surface area contributed by atoms with E-state index in [0.29, 0.717) is 6.54 Å². The van der Waals surface area contributed by atoms with Crippen molar-refractivity contribution in [1.82, 2.24) is 10.2 Å². The number of anilines is 1. The summed E-state index contributed by atoms with van der Waals surface area (Å²) in [5.41, 5.74) is 0.278. The van der Waals surface area contributed by atoms with Crippen molar-refractivity contribution in [3.63, 3.8) is 0 Å². The predicted octanol–water partition coefficient (Wildman–Crippen LogP) is 0.541. The van der Waals surface area contributed by atoms with Crippen LogP contribution in [0.3, 0.4) is 0 Å². The number of hydrogen-bond acceptors (Lipinski definition) is 6. The summed E-state index contributed by atoms with van der Waals surface area (Å²) in [4.78, 5) is 37.0. The van der Waals surface area contributed by atoms with E-state index in [2.05, 4.69) is 15.4 Å². The van der Waals surface area contributed by atoms with Crippen molar-refractivity contribution in [3.8, 4) is 0 Å². The molecule has 0 fully saturated rings. The summed E-state index contributed by atoms with van der Waals surface area (Å²) >= 11 is 1.13. The van der Waals surface area contributed by atoms with Crippen molar-refractivity contribution in [2.45, 2.75) is 6.42 Å². The lowest BCUT2D eigenvalue weighted by Gasteiger charge is -2.10. The summed E-state index contributed by atoms with van der Waals surface area (Å²) in [5.74, 6) is -2.08. The van der Waals surface area contributed by atoms with Crippen LogP contribution in [-0.4, -0.2) is 57.0 Å². The first-order valence-corrected chi connectivity index (χ1v) is 7.23. The molecular formula is C13H19N3O4S. The fourth-order valence-electron chi connectivity index (χ4n) is 1.52. The van der Waals surface area contributed by atoms with Crippen LogP contribution in [0.15, 0.2) is 11.4 Å². The van der Waals surface area contributed by atoms with E-state index >= 15 is 0 Å². The number of ether oxygens (including phenoxy) is 1. The highest BCUT2D eigenvalue weighted by molar-refractivity contribution is 7.12. The van der Waals surface area contributed by atoms with Crippen molar-refractivity contribution in [2.75, 3.05) is 39.6 Å². The average Bonchev–Trinajstić information content (AvgIpc) is 2.90. The Morgan fingerprint density at radius 2 is 2.00 bits per heavy atom. The molecule has 0 saturated heterocycles. The number of esters is 1. The van der Waals surface area contributed by atoms with Crippen molar-refractivity contribution >= 4 is 34.8 Å². The maximum Gasteiger partial charge on any atom is 0.350 e. The number of rotatable bonds is 6. The lowest BCUT2D eigenvalue weighted by atomic mass is 10.3. The molecule has 116 valence electrons. The van der Waals surface area contributed by atoms with Gasteiger partial charge in [-0.15, -0.1) is 11.3 Å². The number of carbonyl (C=O) groups is 3. The Kier molecular flexibility index (Phi) is 6.83. The van der Waals surface area contributed by atoms with Gasteiger partial charge in [0.1, 0.15) is 4.88 Å². The van der Waals surface area contributed by atoms with Crippen LogP contribution in [0, 0.1) is 0 Å². The van der Waals surface area contributed by atoms with Crippen LogP contribution in [0.4, 0.5) is 5.69 Å². The smallest absolute Gasteiger partial charge is 0.350 e. The van der Waals surface area contributed by atoms with Gasteiger partial charge in [-0.25, -0.2) is 4.79 Å². The molecule has 21 heavy (non-hydrogen) atoms. The molecule has 0 spiro atoms. The first kappa shape index (κ1) is 17.1. The largest absolute Gasteiger partial charge is 0.465 e. The third-order valence-corrected chi connectivity index (χ3v) is 3.45. The van der Waals surface area contributed by atoms with Gasteiger partial charge in [0.05, 0.1) is 12.8 Å². The van der Waals surface area contributed by atoms with Crippen LogP contribution >= 0.6 is 11.3 Å². The van der Waals surface area contributed by atoms with E-state index < -0.39 is 17.8 Å². The first-order valence-electron chi connectivity index (χ1n) is 6.35. The van der Waals surface area contributed by atoms with E-state index in [9.17, 15) is 14.4 Å². The molecule has 8 heteroatoms. The Morgan fingerprint density at radius 3 is 2.62 bits per heavy atom. The summed E-state index contributed by atoms with van der Waals surface area (Å²) in [6.07, 6.45) is 0.748. The third-order valence-electron chi connectivity index (χ3n) is 2.56. The second-order valence-corrected chi connectivity index (χ2v) is 5.44. The molecule has 7 nitrogen and oxygen atoms in total. The highest BCUT2D eigenvalue weighted by atomic mass is 32.1. The molecule has 0 aliphatic rings. The number of thiophene rings is 1. The van der Waals surface area contributed by atoms with Crippen molar-refractivity contribution in [2.24, 2.45) is 0 Å². The van der Waals surface area contributed by atoms with Crippen LogP contribution in [0.5, 0.6) is 0 Å². The maximum absolute atomic E-state index is 11.7. The zero-order valence-electron chi connectivity index (χ0n) is 12.3. The first-order chi connectivity index (χ1) is 9.95. The monoisotopic (exact) mass is 313 g/mol. The topological polar surface area (TPSA) is 87.7 Å². The summed E-state index contributed by atoms with van der Waals surface area (Å²) in [6, 6.07) is 1.55.